The number of H-pyrrole nitrogens is 1. The van der Waals surface area contributed by atoms with E-state index >= 15 is 0 Å². The van der Waals surface area contributed by atoms with Gasteiger partial charge in [-0.2, -0.15) is 0 Å². The van der Waals surface area contributed by atoms with Gasteiger partial charge in [-0.15, -0.1) is 11.3 Å². The van der Waals surface area contributed by atoms with Gasteiger partial charge >= 0.3 is 0 Å². The van der Waals surface area contributed by atoms with Crippen LogP contribution in [0.5, 0.6) is 0 Å². The molecule has 0 unspecified atom stereocenters. The van der Waals surface area contributed by atoms with Gasteiger partial charge in [0.25, 0.3) is 5.91 Å². The lowest BCUT2D eigenvalue weighted by Crippen LogP contribution is -2.24. The SMILES string of the molecule is O=C(NCCc1ccc2nc[nH]c2c1)c1cccs1. The molecule has 2 aromatic heterocycles. The molecule has 0 spiro atoms. The van der Waals surface area contributed by atoms with Crippen LogP contribution in [0.15, 0.2) is 42.0 Å². The zero-order chi connectivity index (χ0) is 13.1. The number of amides is 1. The fraction of sp³-hybridized carbons (Fsp3) is 0.143. The maximum absolute atomic E-state index is 11.8. The zero-order valence-corrected chi connectivity index (χ0v) is 11.0. The van der Waals surface area contributed by atoms with Crippen LogP contribution in [0.2, 0.25) is 0 Å². The third-order valence-corrected chi connectivity index (χ3v) is 3.80. The molecule has 0 radical (unpaired) electrons. The van der Waals surface area contributed by atoms with Crippen LogP contribution in [-0.2, 0) is 6.42 Å². The Morgan fingerprint density at radius 2 is 2.32 bits per heavy atom. The maximum Gasteiger partial charge on any atom is 0.261 e. The number of fused-ring (bicyclic) bond motifs is 1. The van der Waals surface area contributed by atoms with E-state index in [4.69, 9.17) is 0 Å². The van der Waals surface area contributed by atoms with Crippen molar-refractivity contribution in [1.82, 2.24) is 15.3 Å². The Morgan fingerprint density at radius 1 is 1.37 bits per heavy atom. The minimum atomic E-state index is -0.00221. The number of rotatable bonds is 4. The first-order valence-corrected chi connectivity index (χ1v) is 6.94. The van der Waals surface area contributed by atoms with Crippen molar-refractivity contribution in [2.24, 2.45) is 0 Å². The summed E-state index contributed by atoms with van der Waals surface area (Å²) in [6.45, 7) is 0.635. The molecule has 0 atom stereocenters. The average molecular weight is 271 g/mol. The Hall–Kier alpha value is -2.14. The highest BCUT2D eigenvalue weighted by Gasteiger charge is 2.05. The monoisotopic (exact) mass is 271 g/mol. The molecule has 0 bridgehead atoms. The first kappa shape index (κ1) is 11.9. The number of thiophene rings is 1. The minimum absolute atomic E-state index is 0.00221. The van der Waals surface area contributed by atoms with Gasteiger partial charge in [-0.3, -0.25) is 4.79 Å². The maximum atomic E-state index is 11.8. The molecular formula is C14H13N3OS. The molecule has 2 N–H and O–H groups in total. The first-order chi connectivity index (χ1) is 9.33. The van der Waals surface area contributed by atoms with Crippen LogP contribution in [0.25, 0.3) is 11.0 Å². The molecular weight excluding hydrogens is 258 g/mol. The standard InChI is InChI=1S/C14H13N3OS/c18-14(13-2-1-7-19-13)15-6-5-10-3-4-11-12(8-10)17-9-16-11/h1-4,7-9H,5-6H2,(H,15,18)(H,16,17). The molecule has 0 fully saturated rings. The van der Waals surface area contributed by atoms with Crippen LogP contribution in [0, 0.1) is 0 Å². The lowest BCUT2D eigenvalue weighted by molar-refractivity contribution is 0.0958. The number of benzene rings is 1. The normalized spacial score (nSPS) is 10.7. The molecule has 0 aliphatic rings. The summed E-state index contributed by atoms with van der Waals surface area (Å²) >= 11 is 1.45. The fourth-order valence-corrected chi connectivity index (χ4v) is 2.59. The van der Waals surface area contributed by atoms with E-state index in [1.807, 2.05) is 29.6 Å². The Kier molecular flexibility index (Phi) is 3.29. The molecule has 2 heterocycles. The molecule has 1 amide bonds. The van der Waals surface area contributed by atoms with Crippen molar-refractivity contribution >= 4 is 28.3 Å². The summed E-state index contributed by atoms with van der Waals surface area (Å²) in [5.41, 5.74) is 3.18. The molecule has 96 valence electrons. The predicted octanol–water partition coefficient (Wildman–Crippen LogP) is 2.60. The van der Waals surface area contributed by atoms with Gasteiger partial charge in [0.1, 0.15) is 0 Å². The van der Waals surface area contributed by atoms with Gasteiger partial charge in [-0.1, -0.05) is 12.1 Å². The fourth-order valence-electron chi connectivity index (χ4n) is 1.95. The number of aromatic nitrogens is 2. The summed E-state index contributed by atoms with van der Waals surface area (Å²) in [5, 5.41) is 4.82. The summed E-state index contributed by atoms with van der Waals surface area (Å²) in [6.07, 6.45) is 2.50. The third-order valence-electron chi connectivity index (χ3n) is 2.93. The Labute approximate surface area is 114 Å². The van der Waals surface area contributed by atoms with Crippen molar-refractivity contribution in [2.45, 2.75) is 6.42 Å². The van der Waals surface area contributed by atoms with E-state index in [1.165, 1.54) is 16.9 Å². The van der Waals surface area contributed by atoms with E-state index in [1.54, 1.807) is 6.33 Å². The summed E-state index contributed by atoms with van der Waals surface area (Å²) in [4.78, 5) is 19.8. The van der Waals surface area contributed by atoms with Gasteiger partial charge in [0.05, 0.1) is 22.2 Å². The topological polar surface area (TPSA) is 57.8 Å². The summed E-state index contributed by atoms with van der Waals surface area (Å²) in [5.74, 6) is -0.00221. The second-order valence-electron chi connectivity index (χ2n) is 4.24. The number of carbonyl (C=O) groups excluding carboxylic acids is 1. The number of nitrogens with zero attached hydrogens (tertiary/aromatic N) is 1. The summed E-state index contributed by atoms with van der Waals surface area (Å²) in [7, 11) is 0. The Balaban J connectivity index is 1.58. The number of carbonyl (C=O) groups is 1. The number of imidazole rings is 1. The first-order valence-electron chi connectivity index (χ1n) is 6.06. The lowest BCUT2D eigenvalue weighted by Gasteiger charge is -2.04. The quantitative estimate of drug-likeness (QED) is 0.766. The molecule has 0 aliphatic carbocycles. The van der Waals surface area contributed by atoms with Gasteiger partial charge < -0.3 is 10.3 Å². The van der Waals surface area contributed by atoms with Gasteiger partial charge in [-0.05, 0) is 35.6 Å². The molecule has 3 aromatic rings. The van der Waals surface area contributed by atoms with Crippen LogP contribution in [0.3, 0.4) is 0 Å². The molecule has 3 rings (SSSR count). The van der Waals surface area contributed by atoms with Crippen LogP contribution in [0.1, 0.15) is 15.2 Å². The highest BCUT2D eigenvalue weighted by atomic mass is 32.1. The second kappa shape index (κ2) is 5.24. The second-order valence-corrected chi connectivity index (χ2v) is 5.18. The summed E-state index contributed by atoms with van der Waals surface area (Å²) in [6, 6.07) is 9.81. The number of aromatic amines is 1. The highest BCUT2D eigenvalue weighted by Crippen LogP contribution is 2.12. The lowest BCUT2D eigenvalue weighted by atomic mass is 10.1. The average Bonchev–Trinajstić information content (AvgIpc) is 3.09. The molecule has 19 heavy (non-hydrogen) atoms. The zero-order valence-electron chi connectivity index (χ0n) is 10.2. The van der Waals surface area contributed by atoms with Crippen molar-refractivity contribution in [3.05, 3.63) is 52.5 Å². The van der Waals surface area contributed by atoms with Crippen LogP contribution < -0.4 is 5.32 Å². The van der Waals surface area contributed by atoms with E-state index in [0.717, 1.165) is 22.3 Å². The van der Waals surface area contributed by atoms with E-state index < -0.39 is 0 Å². The number of nitrogens with one attached hydrogen (secondary N) is 2. The van der Waals surface area contributed by atoms with Gasteiger partial charge in [0, 0.05) is 6.54 Å². The minimum Gasteiger partial charge on any atom is -0.351 e. The van der Waals surface area contributed by atoms with Crippen molar-refractivity contribution < 1.29 is 4.79 Å². The van der Waals surface area contributed by atoms with Crippen molar-refractivity contribution in [3.63, 3.8) is 0 Å². The number of hydrogen-bond acceptors (Lipinski definition) is 3. The van der Waals surface area contributed by atoms with Crippen molar-refractivity contribution in [2.75, 3.05) is 6.54 Å². The van der Waals surface area contributed by atoms with Crippen LogP contribution >= 0.6 is 11.3 Å². The number of hydrogen-bond donors (Lipinski definition) is 2. The van der Waals surface area contributed by atoms with Crippen molar-refractivity contribution in [1.29, 1.82) is 0 Å². The van der Waals surface area contributed by atoms with E-state index in [-0.39, 0.29) is 5.91 Å². The van der Waals surface area contributed by atoms with Crippen LogP contribution in [0.4, 0.5) is 0 Å². The highest BCUT2D eigenvalue weighted by molar-refractivity contribution is 7.12. The largest absolute Gasteiger partial charge is 0.351 e. The van der Waals surface area contributed by atoms with Gasteiger partial charge in [0.15, 0.2) is 0 Å². The van der Waals surface area contributed by atoms with E-state index in [2.05, 4.69) is 21.4 Å². The van der Waals surface area contributed by atoms with Crippen LogP contribution in [-0.4, -0.2) is 22.4 Å². The summed E-state index contributed by atoms with van der Waals surface area (Å²) < 4.78 is 0. The molecule has 0 saturated heterocycles. The Morgan fingerprint density at radius 3 is 3.16 bits per heavy atom. The molecule has 4 nitrogen and oxygen atoms in total. The van der Waals surface area contributed by atoms with E-state index in [9.17, 15) is 4.79 Å². The predicted molar refractivity (Wildman–Crippen MR) is 76.4 cm³/mol. The van der Waals surface area contributed by atoms with E-state index in [0.29, 0.717) is 6.54 Å². The van der Waals surface area contributed by atoms with Crippen molar-refractivity contribution in [3.8, 4) is 0 Å². The molecule has 0 saturated carbocycles. The van der Waals surface area contributed by atoms with Gasteiger partial charge in [-0.25, -0.2) is 4.98 Å². The third kappa shape index (κ3) is 2.66. The molecule has 0 aliphatic heterocycles. The Bertz CT molecular complexity index is 688. The van der Waals surface area contributed by atoms with Gasteiger partial charge in [0.2, 0.25) is 0 Å². The molecule has 1 aromatic carbocycles. The smallest absolute Gasteiger partial charge is 0.261 e. The molecule has 5 heteroatoms.